The highest BCUT2D eigenvalue weighted by Crippen LogP contribution is 2.53. The van der Waals surface area contributed by atoms with Crippen LogP contribution in [0.2, 0.25) is 0 Å². The van der Waals surface area contributed by atoms with E-state index in [0.29, 0.717) is 11.2 Å². The molecule has 2 aromatic carbocycles. The number of nitrogen functional groups attached to an aromatic ring is 1. The number of rotatable bonds is 4. The topological polar surface area (TPSA) is 35.2 Å². The molecule has 19 heavy (non-hydrogen) atoms. The number of benzene rings is 2. The standard InChI is InChI=1S/C16H17NOS/c1-18-14-9-12(17)7-8-15(14)19-16-10-13(16)11-5-3-2-4-6-11/h2-9,13,16H,10,17H2,1H3. The molecule has 0 bridgehead atoms. The molecule has 0 saturated heterocycles. The van der Waals surface area contributed by atoms with Gasteiger partial charge in [-0.15, -0.1) is 11.8 Å². The van der Waals surface area contributed by atoms with Crippen molar-refractivity contribution in [2.75, 3.05) is 12.8 Å². The van der Waals surface area contributed by atoms with Gasteiger partial charge in [-0.1, -0.05) is 30.3 Å². The number of methoxy groups -OCH3 is 1. The summed E-state index contributed by atoms with van der Waals surface area (Å²) in [5.41, 5.74) is 7.96. The zero-order chi connectivity index (χ0) is 13.2. The summed E-state index contributed by atoms with van der Waals surface area (Å²) in [6.07, 6.45) is 1.24. The van der Waals surface area contributed by atoms with Crippen LogP contribution >= 0.6 is 11.8 Å². The average Bonchev–Trinajstić information content (AvgIpc) is 3.21. The summed E-state index contributed by atoms with van der Waals surface area (Å²) in [5.74, 6) is 1.55. The Labute approximate surface area is 118 Å². The van der Waals surface area contributed by atoms with Crippen LogP contribution in [0.3, 0.4) is 0 Å². The van der Waals surface area contributed by atoms with Crippen LogP contribution in [-0.4, -0.2) is 12.4 Å². The van der Waals surface area contributed by atoms with Crippen LogP contribution in [0.4, 0.5) is 5.69 Å². The Bertz CT molecular complexity index is 570. The summed E-state index contributed by atoms with van der Waals surface area (Å²) >= 11 is 1.89. The number of hydrogen-bond acceptors (Lipinski definition) is 3. The molecule has 3 rings (SSSR count). The Morgan fingerprint density at radius 1 is 1.16 bits per heavy atom. The lowest BCUT2D eigenvalue weighted by molar-refractivity contribution is 0.405. The second kappa shape index (κ2) is 5.17. The van der Waals surface area contributed by atoms with Gasteiger partial charge in [-0.05, 0) is 30.0 Å². The average molecular weight is 271 g/mol. The molecule has 0 heterocycles. The molecule has 2 aromatic rings. The van der Waals surface area contributed by atoms with E-state index in [4.69, 9.17) is 10.5 Å². The first-order valence-electron chi connectivity index (χ1n) is 6.43. The molecule has 2 atom stereocenters. The lowest BCUT2D eigenvalue weighted by Gasteiger charge is -2.08. The highest BCUT2D eigenvalue weighted by Gasteiger charge is 2.39. The molecule has 1 saturated carbocycles. The van der Waals surface area contributed by atoms with Gasteiger partial charge in [0.15, 0.2) is 0 Å². The number of hydrogen-bond donors (Lipinski definition) is 1. The van der Waals surface area contributed by atoms with Crippen molar-refractivity contribution in [2.45, 2.75) is 22.5 Å². The summed E-state index contributed by atoms with van der Waals surface area (Å²) in [6.45, 7) is 0. The third kappa shape index (κ3) is 2.71. The largest absolute Gasteiger partial charge is 0.496 e. The van der Waals surface area contributed by atoms with E-state index in [-0.39, 0.29) is 0 Å². The molecule has 0 spiro atoms. The van der Waals surface area contributed by atoms with Gasteiger partial charge in [-0.25, -0.2) is 0 Å². The fourth-order valence-electron chi connectivity index (χ4n) is 2.30. The third-order valence-electron chi connectivity index (χ3n) is 3.43. The number of ether oxygens (including phenoxy) is 1. The lowest BCUT2D eigenvalue weighted by Crippen LogP contribution is -1.91. The maximum Gasteiger partial charge on any atom is 0.134 e. The minimum atomic E-state index is 0.653. The summed E-state index contributed by atoms with van der Waals surface area (Å²) in [4.78, 5) is 1.18. The fourth-order valence-corrected chi connectivity index (χ4v) is 3.65. The van der Waals surface area contributed by atoms with Gasteiger partial charge in [-0.2, -0.15) is 0 Å². The molecule has 2 N–H and O–H groups in total. The van der Waals surface area contributed by atoms with Crippen LogP contribution in [0.25, 0.3) is 0 Å². The molecule has 1 aliphatic rings. The molecular formula is C16H17NOS. The van der Waals surface area contributed by atoms with E-state index in [0.717, 1.165) is 11.4 Å². The predicted molar refractivity (Wildman–Crippen MR) is 80.9 cm³/mol. The van der Waals surface area contributed by atoms with Crippen molar-refractivity contribution in [1.29, 1.82) is 0 Å². The van der Waals surface area contributed by atoms with Gasteiger partial charge in [0.05, 0.1) is 7.11 Å². The molecular weight excluding hydrogens is 254 g/mol. The Kier molecular flexibility index (Phi) is 3.38. The highest BCUT2D eigenvalue weighted by molar-refractivity contribution is 8.00. The first kappa shape index (κ1) is 12.4. The molecule has 2 nitrogen and oxygen atoms in total. The lowest BCUT2D eigenvalue weighted by atomic mass is 10.1. The van der Waals surface area contributed by atoms with Gasteiger partial charge in [0, 0.05) is 21.9 Å². The molecule has 0 aromatic heterocycles. The van der Waals surface area contributed by atoms with Crippen LogP contribution in [0.5, 0.6) is 5.75 Å². The van der Waals surface area contributed by atoms with Gasteiger partial charge in [0.1, 0.15) is 5.75 Å². The summed E-state index contributed by atoms with van der Waals surface area (Å²) < 4.78 is 5.39. The normalized spacial score (nSPS) is 21.1. The SMILES string of the molecule is COc1cc(N)ccc1SC1CC1c1ccccc1. The Balaban J connectivity index is 1.71. The number of nitrogens with two attached hydrogens (primary N) is 1. The molecule has 3 heteroatoms. The summed E-state index contributed by atoms with van der Waals surface area (Å²) in [5, 5.41) is 0.653. The van der Waals surface area contributed by atoms with Gasteiger partial charge < -0.3 is 10.5 Å². The van der Waals surface area contributed by atoms with E-state index in [1.807, 2.05) is 23.9 Å². The first-order valence-corrected chi connectivity index (χ1v) is 7.31. The molecule has 2 unspecified atom stereocenters. The van der Waals surface area contributed by atoms with Gasteiger partial charge in [0.2, 0.25) is 0 Å². The molecule has 0 radical (unpaired) electrons. The maximum absolute atomic E-state index is 5.78. The van der Waals surface area contributed by atoms with Crippen molar-refractivity contribution < 1.29 is 4.74 Å². The Morgan fingerprint density at radius 3 is 2.68 bits per heavy atom. The van der Waals surface area contributed by atoms with Crippen LogP contribution in [0, 0.1) is 0 Å². The van der Waals surface area contributed by atoms with Crippen molar-refractivity contribution >= 4 is 17.4 Å². The first-order chi connectivity index (χ1) is 9.28. The third-order valence-corrected chi connectivity index (χ3v) is 4.84. The minimum absolute atomic E-state index is 0.653. The van der Waals surface area contributed by atoms with Crippen molar-refractivity contribution in [3.8, 4) is 5.75 Å². The highest BCUT2D eigenvalue weighted by atomic mass is 32.2. The molecule has 0 aliphatic heterocycles. The molecule has 98 valence electrons. The van der Waals surface area contributed by atoms with E-state index < -0.39 is 0 Å². The zero-order valence-electron chi connectivity index (χ0n) is 10.9. The van der Waals surface area contributed by atoms with Crippen LogP contribution in [-0.2, 0) is 0 Å². The fraction of sp³-hybridized carbons (Fsp3) is 0.250. The second-order valence-corrected chi connectivity index (χ2v) is 6.10. The Morgan fingerprint density at radius 2 is 1.95 bits per heavy atom. The second-order valence-electron chi connectivity index (χ2n) is 4.82. The number of anilines is 1. The van der Waals surface area contributed by atoms with Crippen molar-refractivity contribution in [3.05, 3.63) is 54.1 Å². The van der Waals surface area contributed by atoms with Gasteiger partial charge >= 0.3 is 0 Å². The zero-order valence-corrected chi connectivity index (χ0v) is 11.7. The van der Waals surface area contributed by atoms with Crippen molar-refractivity contribution in [3.63, 3.8) is 0 Å². The Hall–Kier alpha value is -1.61. The summed E-state index contributed by atoms with van der Waals surface area (Å²) in [6, 6.07) is 16.6. The van der Waals surface area contributed by atoms with Crippen LogP contribution in [0.15, 0.2) is 53.4 Å². The number of thioether (sulfide) groups is 1. The predicted octanol–water partition coefficient (Wildman–Crippen LogP) is 3.93. The molecule has 1 fully saturated rings. The van der Waals surface area contributed by atoms with Gasteiger partial charge in [0.25, 0.3) is 0 Å². The van der Waals surface area contributed by atoms with E-state index in [2.05, 4.69) is 36.4 Å². The molecule has 0 amide bonds. The van der Waals surface area contributed by atoms with Crippen LogP contribution in [0.1, 0.15) is 17.9 Å². The minimum Gasteiger partial charge on any atom is -0.496 e. The summed E-state index contributed by atoms with van der Waals surface area (Å²) in [7, 11) is 1.69. The van der Waals surface area contributed by atoms with E-state index in [1.165, 1.54) is 16.9 Å². The van der Waals surface area contributed by atoms with Crippen molar-refractivity contribution in [1.82, 2.24) is 0 Å². The quantitative estimate of drug-likeness (QED) is 0.856. The van der Waals surface area contributed by atoms with Gasteiger partial charge in [-0.3, -0.25) is 0 Å². The maximum atomic E-state index is 5.78. The van der Waals surface area contributed by atoms with Crippen LogP contribution < -0.4 is 10.5 Å². The van der Waals surface area contributed by atoms with Crippen molar-refractivity contribution in [2.24, 2.45) is 0 Å². The smallest absolute Gasteiger partial charge is 0.134 e. The monoisotopic (exact) mass is 271 g/mol. The van der Waals surface area contributed by atoms with E-state index >= 15 is 0 Å². The molecule has 1 aliphatic carbocycles. The van der Waals surface area contributed by atoms with E-state index in [9.17, 15) is 0 Å². The van der Waals surface area contributed by atoms with E-state index in [1.54, 1.807) is 7.11 Å².